The zero-order valence-electron chi connectivity index (χ0n) is 11.4. The number of carboxylic acid groups (broad SMARTS) is 1. The van der Waals surface area contributed by atoms with Crippen molar-refractivity contribution in [2.45, 2.75) is 6.42 Å². The van der Waals surface area contributed by atoms with Crippen molar-refractivity contribution in [3.05, 3.63) is 33.8 Å². The molecular weight excluding hydrogens is 315 g/mol. The van der Waals surface area contributed by atoms with Crippen molar-refractivity contribution in [2.75, 3.05) is 32.7 Å². The Kier molecular flexibility index (Phi) is 5.45. The third kappa shape index (κ3) is 4.09. The normalized spacial score (nSPS) is 16.6. The topological polar surface area (TPSA) is 60.9 Å². The van der Waals surface area contributed by atoms with E-state index in [4.69, 9.17) is 28.3 Å². The lowest BCUT2D eigenvalue weighted by Crippen LogP contribution is -2.36. The summed E-state index contributed by atoms with van der Waals surface area (Å²) in [6.45, 7) is 2.21. The van der Waals surface area contributed by atoms with Crippen molar-refractivity contribution >= 4 is 35.1 Å². The number of carbonyl (C=O) groups excluding carboxylic acids is 1. The molecule has 0 spiro atoms. The average molecular weight is 331 g/mol. The predicted octanol–water partition coefficient (Wildman–Crippen LogP) is 2.23. The molecule has 2 rings (SSSR count). The van der Waals surface area contributed by atoms with Gasteiger partial charge >= 0.3 is 5.97 Å². The second-order valence-corrected chi connectivity index (χ2v) is 5.73. The monoisotopic (exact) mass is 330 g/mol. The van der Waals surface area contributed by atoms with E-state index in [1.54, 1.807) is 23.1 Å². The molecule has 0 saturated carbocycles. The molecule has 0 aliphatic carbocycles. The molecule has 1 amide bonds. The largest absolute Gasteiger partial charge is 0.480 e. The fourth-order valence-corrected chi connectivity index (χ4v) is 2.94. The third-order valence-electron chi connectivity index (χ3n) is 3.41. The van der Waals surface area contributed by atoms with Crippen molar-refractivity contribution in [3.8, 4) is 0 Å². The van der Waals surface area contributed by atoms with Crippen LogP contribution >= 0.6 is 23.2 Å². The predicted molar refractivity (Wildman–Crippen MR) is 81.1 cm³/mol. The van der Waals surface area contributed by atoms with E-state index in [0.717, 1.165) is 6.42 Å². The summed E-state index contributed by atoms with van der Waals surface area (Å²) in [4.78, 5) is 26.8. The van der Waals surface area contributed by atoms with Gasteiger partial charge < -0.3 is 10.0 Å². The van der Waals surface area contributed by atoms with Crippen molar-refractivity contribution in [2.24, 2.45) is 0 Å². The molecule has 1 aliphatic rings. The lowest BCUT2D eigenvalue weighted by atomic mass is 10.2. The van der Waals surface area contributed by atoms with Crippen LogP contribution in [0.1, 0.15) is 16.8 Å². The molecule has 114 valence electrons. The van der Waals surface area contributed by atoms with Crippen LogP contribution in [0.3, 0.4) is 0 Å². The molecule has 0 atom stereocenters. The Hall–Kier alpha value is -1.30. The number of halogens is 2. The highest BCUT2D eigenvalue weighted by molar-refractivity contribution is 6.39. The Balaban J connectivity index is 2.08. The molecular formula is C14H16Cl2N2O3. The summed E-state index contributed by atoms with van der Waals surface area (Å²) in [6, 6.07) is 4.96. The summed E-state index contributed by atoms with van der Waals surface area (Å²) >= 11 is 12.1. The maximum absolute atomic E-state index is 12.5. The van der Waals surface area contributed by atoms with Crippen molar-refractivity contribution < 1.29 is 14.7 Å². The highest BCUT2D eigenvalue weighted by Gasteiger charge is 2.24. The number of hydrogen-bond donors (Lipinski definition) is 1. The molecule has 1 heterocycles. The SMILES string of the molecule is O=C(O)CN1CCCN(C(=O)c2c(Cl)cccc2Cl)CC1. The molecule has 21 heavy (non-hydrogen) atoms. The summed E-state index contributed by atoms with van der Waals surface area (Å²) in [5.41, 5.74) is 0.313. The molecule has 1 aromatic carbocycles. The zero-order chi connectivity index (χ0) is 15.4. The summed E-state index contributed by atoms with van der Waals surface area (Å²) in [7, 11) is 0. The molecule has 0 aromatic heterocycles. The van der Waals surface area contributed by atoms with Gasteiger partial charge in [-0.3, -0.25) is 14.5 Å². The molecule has 1 N–H and O–H groups in total. The first-order valence-electron chi connectivity index (χ1n) is 6.66. The van der Waals surface area contributed by atoms with E-state index in [1.165, 1.54) is 0 Å². The second kappa shape index (κ2) is 7.11. The van der Waals surface area contributed by atoms with Crippen molar-refractivity contribution in [1.29, 1.82) is 0 Å². The minimum atomic E-state index is -0.857. The second-order valence-electron chi connectivity index (χ2n) is 4.91. The fraction of sp³-hybridized carbons (Fsp3) is 0.429. The zero-order valence-corrected chi connectivity index (χ0v) is 12.9. The van der Waals surface area contributed by atoms with Gasteiger partial charge in [-0.1, -0.05) is 29.3 Å². The third-order valence-corrected chi connectivity index (χ3v) is 4.04. The summed E-state index contributed by atoms with van der Waals surface area (Å²) in [5.74, 6) is -1.06. The first-order chi connectivity index (χ1) is 9.99. The molecule has 1 fully saturated rings. The molecule has 1 aromatic rings. The molecule has 1 saturated heterocycles. The fourth-order valence-electron chi connectivity index (χ4n) is 2.38. The number of amides is 1. The average Bonchev–Trinajstić information content (AvgIpc) is 2.63. The van der Waals surface area contributed by atoms with Gasteiger partial charge in [-0.25, -0.2) is 0 Å². The van der Waals surface area contributed by atoms with Gasteiger partial charge in [-0.2, -0.15) is 0 Å². The smallest absolute Gasteiger partial charge is 0.317 e. The van der Waals surface area contributed by atoms with E-state index < -0.39 is 5.97 Å². The van der Waals surface area contributed by atoms with Crippen LogP contribution in [-0.4, -0.2) is 59.5 Å². The summed E-state index contributed by atoms with van der Waals surface area (Å²) < 4.78 is 0. The van der Waals surface area contributed by atoms with E-state index in [9.17, 15) is 9.59 Å². The van der Waals surface area contributed by atoms with Gasteiger partial charge in [0.05, 0.1) is 22.2 Å². The maximum atomic E-state index is 12.5. The maximum Gasteiger partial charge on any atom is 0.317 e. The van der Waals surface area contributed by atoms with Crippen LogP contribution in [0.2, 0.25) is 10.0 Å². The summed E-state index contributed by atoms with van der Waals surface area (Å²) in [6.07, 6.45) is 0.723. The van der Waals surface area contributed by atoms with Crippen LogP contribution in [0.15, 0.2) is 18.2 Å². The number of hydrogen-bond acceptors (Lipinski definition) is 3. The minimum absolute atomic E-state index is 0.00508. The first kappa shape index (κ1) is 16.1. The highest BCUT2D eigenvalue weighted by Crippen LogP contribution is 2.26. The van der Waals surface area contributed by atoms with Crippen molar-refractivity contribution in [3.63, 3.8) is 0 Å². The van der Waals surface area contributed by atoms with Gasteiger partial charge in [0.25, 0.3) is 5.91 Å². The summed E-state index contributed by atoms with van der Waals surface area (Å²) in [5, 5.41) is 9.49. The molecule has 0 unspecified atom stereocenters. The Morgan fingerprint density at radius 3 is 2.38 bits per heavy atom. The lowest BCUT2D eigenvalue weighted by molar-refractivity contribution is -0.138. The van der Waals surface area contributed by atoms with Crippen LogP contribution in [0.5, 0.6) is 0 Å². The molecule has 5 nitrogen and oxygen atoms in total. The van der Waals surface area contributed by atoms with Gasteiger partial charge in [-0.05, 0) is 18.6 Å². The Bertz CT molecular complexity index is 531. The molecule has 1 aliphatic heterocycles. The standard InChI is InChI=1S/C14H16Cl2N2O3/c15-10-3-1-4-11(16)13(10)14(21)18-6-2-5-17(7-8-18)9-12(19)20/h1,3-4H,2,5-9H2,(H,19,20). The van der Waals surface area contributed by atoms with Crippen LogP contribution in [0.25, 0.3) is 0 Å². The van der Waals surface area contributed by atoms with Gasteiger partial charge in [0.1, 0.15) is 0 Å². The van der Waals surface area contributed by atoms with Gasteiger partial charge in [0.2, 0.25) is 0 Å². The minimum Gasteiger partial charge on any atom is -0.480 e. The number of carboxylic acids is 1. The van der Waals surface area contributed by atoms with E-state index >= 15 is 0 Å². The number of rotatable bonds is 3. The van der Waals surface area contributed by atoms with Gasteiger partial charge in [0.15, 0.2) is 0 Å². The van der Waals surface area contributed by atoms with Crippen LogP contribution in [0, 0.1) is 0 Å². The quantitative estimate of drug-likeness (QED) is 0.923. The lowest BCUT2D eigenvalue weighted by Gasteiger charge is -2.22. The number of carbonyl (C=O) groups is 2. The molecule has 0 radical (unpaired) electrons. The van der Waals surface area contributed by atoms with E-state index in [1.807, 2.05) is 4.90 Å². The van der Waals surface area contributed by atoms with Crippen LogP contribution in [-0.2, 0) is 4.79 Å². The molecule has 7 heteroatoms. The van der Waals surface area contributed by atoms with E-state index in [-0.39, 0.29) is 12.5 Å². The number of nitrogens with zero attached hydrogens (tertiary/aromatic N) is 2. The highest BCUT2D eigenvalue weighted by atomic mass is 35.5. The van der Waals surface area contributed by atoms with Crippen LogP contribution < -0.4 is 0 Å². The number of aliphatic carboxylic acids is 1. The molecule has 0 bridgehead atoms. The van der Waals surface area contributed by atoms with Crippen molar-refractivity contribution in [1.82, 2.24) is 9.80 Å². The Morgan fingerprint density at radius 1 is 1.10 bits per heavy atom. The van der Waals surface area contributed by atoms with Gasteiger partial charge in [-0.15, -0.1) is 0 Å². The first-order valence-corrected chi connectivity index (χ1v) is 7.42. The Labute approximate surface area is 133 Å². The van der Waals surface area contributed by atoms with Gasteiger partial charge in [0, 0.05) is 26.2 Å². The van der Waals surface area contributed by atoms with E-state index in [0.29, 0.717) is 41.8 Å². The number of benzene rings is 1. The van der Waals surface area contributed by atoms with Crippen LogP contribution in [0.4, 0.5) is 0 Å². The Morgan fingerprint density at radius 2 is 1.76 bits per heavy atom. The van der Waals surface area contributed by atoms with E-state index in [2.05, 4.69) is 0 Å².